The molecule has 1 fully saturated rings. The van der Waals surface area contributed by atoms with Crippen LogP contribution in [0.5, 0.6) is 0 Å². The van der Waals surface area contributed by atoms with Crippen LogP contribution < -0.4 is 10.6 Å². The van der Waals surface area contributed by atoms with Crippen LogP contribution in [0, 0.1) is 11.7 Å². The Balaban J connectivity index is 1.59. The lowest BCUT2D eigenvalue weighted by molar-refractivity contribution is -0.127. The zero-order chi connectivity index (χ0) is 18.7. The molecule has 2 heterocycles. The van der Waals surface area contributed by atoms with Gasteiger partial charge in [-0.15, -0.1) is 0 Å². The van der Waals surface area contributed by atoms with E-state index in [4.69, 9.17) is 4.74 Å². The number of halogens is 1. The molecule has 0 aliphatic carbocycles. The Bertz CT molecular complexity index is 680. The number of hydrogen-bond donors (Lipinski definition) is 2. The van der Waals surface area contributed by atoms with Crippen LogP contribution in [0.2, 0.25) is 0 Å². The van der Waals surface area contributed by atoms with Crippen molar-refractivity contribution in [3.05, 3.63) is 29.6 Å². The lowest BCUT2D eigenvalue weighted by Crippen LogP contribution is -2.49. The number of rotatable bonds is 5. The highest BCUT2D eigenvalue weighted by Gasteiger charge is 2.31. The van der Waals surface area contributed by atoms with Crippen molar-refractivity contribution in [1.29, 1.82) is 0 Å². The Morgan fingerprint density at radius 3 is 3.04 bits per heavy atom. The summed E-state index contributed by atoms with van der Waals surface area (Å²) in [6.45, 7) is 8.12. The summed E-state index contributed by atoms with van der Waals surface area (Å²) in [4.78, 5) is 26.8. The van der Waals surface area contributed by atoms with Gasteiger partial charge in [0.1, 0.15) is 5.82 Å². The number of nitrogens with zero attached hydrogens (tertiary/aromatic N) is 1. The fourth-order valence-corrected chi connectivity index (χ4v) is 3.59. The smallest absolute Gasteiger partial charge is 0.228 e. The van der Waals surface area contributed by atoms with Gasteiger partial charge >= 0.3 is 0 Å². The maximum atomic E-state index is 13.4. The van der Waals surface area contributed by atoms with E-state index < -0.39 is 11.7 Å². The van der Waals surface area contributed by atoms with Gasteiger partial charge < -0.3 is 15.4 Å². The predicted octanol–water partition coefficient (Wildman–Crippen LogP) is 1.72. The Morgan fingerprint density at radius 2 is 2.27 bits per heavy atom. The normalized spacial score (nSPS) is 23.5. The van der Waals surface area contributed by atoms with E-state index in [0.717, 1.165) is 19.6 Å². The zero-order valence-corrected chi connectivity index (χ0v) is 15.3. The van der Waals surface area contributed by atoms with E-state index >= 15 is 0 Å². The van der Waals surface area contributed by atoms with Gasteiger partial charge in [-0.05, 0) is 23.6 Å². The Kier molecular flexibility index (Phi) is 5.88. The molecule has 1 saturated heterocycles. The number of amides is 2. The molecule has 1 aromatic carbocycles. The van der Waals surface area contributed by atoms with Gasteiger partial charge in [-0.1, -0.05) is 19.9 Å². The number of ether oxygens (including phenoxy) is 1. The second-order valence-electron chi connectivity index (χ2n) is 7.43. The van der Waals surface area contributed by atoms with E-state index in [2.05, 4.69) is 29.4 Å². The first-order valence-electron chi connectivity index (χ1n) is 9.13. The molecular formula is C19H26FN3O3. The number of morpholine rings is 1. The Hall–Kier alpha value is -1.99. The van der Waals surface area contributed by atoms with Crippen molar-refractivity contribution in [1.82, 2.24) is 10.2 Å². The van der Waals surface area contributed by atoms with Gasteiger partial charge in [0.15, 0.2) is 0 Å². The minimum absolute atomic E-state index is 0.0587. The summed E-state index contributed by atoms with van der Waals surface area (Å²) in [7, 11) is 0. The van der Waals surface area contributed by atoms with Crippen LogP contribution in [0.15, 0.2) is 18.2 Å². The molecular weight excluding hydrogens is 337 g/mol. The van der Waals surface area contributed by atoms with Crippen LogP contribution in [0.4, 0.5) is 10.1 Å². The largest absolute Gasteiger partial charge is 0.374 e. The number of nitrogens with one attached hydrogen (secondary N) is 2. The standard InChI is InChI=1S/C19H26FN3O3/c1-12(2)10-23-5-6-26-14(11-23)9-21-19(25)16-8-18(24)22-17-7-13(20)3-4-15(16)17/h3-4,7,12,14,16H,5-6,8-11H2,1-2H3,(H,21,25)(H,22,24)/t14-,16+/m0/s1. The average molecular weight is 363 g/mol. The van der Waals surface area contributed by atoms with Crippen molar-refractivity contribution in [2.24, 2.45) is 5.92 Å². The van der Waals surface area contributed by atoms with Gasteiger partial charge in [0.25, 0.3) is 0 Å². The maximum Gasteiger partial charge on any atom is 0.228 e. The molecule has 6 nitrogen and oxygen atoms in total. The summed E-state index contributed by atoms with van der Waals surface area (Å²) < 4.78 is 19.1. The zero-order valence-electron chi connectivity index (χ0n) is 15.3. The highest BCUT2D eigenvalue weighted by atomic mass is 19.1. The molecule has 7 heteroatoms. The molecule has 0 saturated carbocycles. The van der Waals surface area contributed by atoms with Gasteiger partial charge in [-0.3, -0.25) is 14.5 Å². The molecule has 0 unspecified atom stereocenters. The monoisotopic (exact) mass is 363 g/mol. The number of hydrogen-bond acceptors (Lipinski definition) is 4. The van der Waals surface area contributed by atoms with E-state index in [-0.39, 0.29) is 24.3 Å². The molecule has 2 amide bonds. The van der Waals surface area contributed by atoms with Crippen molar-refractivity contribution in [2.75, 3.05) is 38.1 Å². The van der Waals surface area contributed by atoms with Gasteiger partial charge in [0.05, 0.1) is 18.6 Å². The lowest BCUT2D eigenvalue weighted by Gasteiger charge is -2.34. The van der Waals surface area contributed by atoms with Crippen LogP contribution in [0.1, 0.15) is 31.7 Å². The number of fused-ring (bicyclic) bond motifs is 1. The second-order valence-corrected chi connectivity index (χ2v) is 7.43. The van der Waals surface area contributed by atoms with Gasteiger partial charge in [0, 0.05) is 38.3 Å². The minimum Gasteiger partial charge on any atom is -0.374 e. The quantitative estimate of drug-likeness (QED) is 0.836. The summed E-state index contributed by atoms with van der Waals surface area (Å²) in [6, 6.07) is 4.13. The van der Waals surface area contributed by atoms with Gasteiger partial charge in [0.2, 0.25) is 11.8 Å². The predicted molar refractivity (Wildman–Crippen MR) is 96.4 cm³/mol. The molecule has 2 atom stereocenters. The number of benzene rings is 1. The van der Waals surface area contributed by atoms with E-state index in [0.29, 0.717) is 30.3 Å². The van der Waals surface area contributed by atoms with Crippen LogP contribution in [0.25, 0.3) is 0 Å². The van der Waals surface area contributed by atoms with E-state index in [1.807, 2.05) is 0 Å². The van der Waals surface area contributed by atoms with Crippen molar-refractivity contribution < 1.29 is 18.7 Å². The van der Waals surface area contributed by atoms with E-state index in [9.17, 15) is 14.0 Å². The molecule has 2 aliphatic rings. The van der Waals surface area contributed by atoms with E-state index in [1.54, 1.807) is 6.07 Å². The molecule has 0 aromatic heterocycles. The molecule has 2 aliphatic heterocycles. The molecule has 0 bridgehead atoms. The molecule has 0 spiro atoms. The summed E-state index contributed by atoms with van der Waals surface area (Å²) >= 11 is 0. The topological polar surface area (TPSA) is 70.7 Å². The van der Waals surface area contributed by atoms with Crippen LogP contribution in [0.3, 0.4) is 0 Å². The average Bonchev–Trinajstić information content (AvgIpc) is 2.58. The fourth-order valence-electron chi connectivity index (χ4n) is 3.59. The first-order chi connectivity index (χ1) is 12.4. The Labute approximate surface area is 153 Å². The molecule has 142 valence electrons. The molecule has 3 rings (SSSR count). The van der Waals surface area contributed by atoms with Crippen molar-refractivity contribution in [3.8, 4) is 0 Å². The maximum absolute atomic E-state index is 13.4. The SMILES string of the molecule is CC(C)CN1CCO[C@@H](CNC(=O)[C@@H]2CC(=O)Nc3cc(F)ccc32)C1. The minimum atomic E-state index is -0.602. The fraction of sp³-hybridized carbons (Fsp3) is 0.579. The summed E-state index contributed by atoms with van der Waals surface area (Å²) in [6.07, 6.45) is 0.00620. The highest BCUT2D eigenvalue weighted by Crippen LogP contribution is 2.32. The summed E-state index contributed by atoms with van der Waals surface area (Å²) in [5.74, 6) is -0.959. The third-order valence-electron chi connectivity index (χ3n) is 4.72. The molecule has 1 aromatic rings. The summed E-state index contributed by atoms with van der Waals surface area (Å²) in [5, 5.41) is 5.53. The van der Waals surface area contributed by atoms with Crippen molar-refractivity contribution in [3.63, 3.8) is 0 Å². The Morgan fingerprint density at radius 1 is 1.46 bits per heavy atom. The third-order valence-corrected chi connectivity index (χ3v) is 4.72. The third kappa shape index (κ3) is 4.59. The van der Waals surface area contributed by atoms with Gasteiger partial charge in [-0.25, -0.2) is 4.39 Å². The van der Waals surface area contributed by atoms with E-state index in [1.165, 1.54) is 12.1 Å². The molecule has 26 heavy (non-hydrogen) atoms. The van der Waals surface area contributed by atoms with Crippen molar-refractivity contribution >= 4 is 17.5 Å². The number of carbonyl (C=O) groups is 2. The summed E-state index contributed by atoms with van der Waals surface area (Å²) in [5.41, 5.74) is 1.02. The van der Waals surface area contributed by atoms with Crippen LogP contribution >= 0.6 is 0 Å². The lowest BCUT2D eigenvalue weighted by atomic mass is 9.89. The molecule has 0 radical (unpaired) electrons. The molecule has 2 N–H and O–H groups in total. The number of anilines is 1. The second kappa shape index (κ2) is 8.14. The van der Waals surface area contributed by atoms with Gasteiger partial charge in [-0.2, -0.15) is 0 Å². The number of carbonyl (C=O) groups excluding carboxylic acids is 2. The van der Waals surface area contributed by atoms with Crippen LogP contribution in [-0.2, 0) is 14.3 Å². The first-order valence-corrected chi connectivity index (χ1v) is 9.13. The van der Waals surface area contributed by atoms with Crippen LogP contribution in [-0.4, -0.2) is 55.6 Å². The first kappa shape index (κ1) is 18.8. The highest BCUT2D eigenvalue weighted by molar-refractivity contribution is 6.01. The van der Waals surface area contributed by atoms with Crippen molar-refractivity contribution in [2.45, 2.75) is 32.3 Å².